The van der Waals surface area contributed by atoms with Crippen molar-refractivity contribution in [3.8, 4) is 11.3 Å². The van der Waals surface area contributed by atoms with E-state index in [1.807, 2.05) is 18.2 Å². The Morgan fingerprint density at radius 2 is 2.00 bits per heavy atom. The zero-order valence-corrected chi connectivity index (χ0v) is 10.8. The molecule has 0 N–H and O–H groups in total. The maximum atomic E-state index is 11.8. The van der Waals surface area contributed by atoms with Gasteiger partial charge in [0.05, 0.1) is 30.1 Å². The van der Waals surface area contributed by atoms with Crippen molar-refractivity contribution in [2.24, 2.45) is 0 Å². The Hall–Kier alpha value is -2.82. The van der Waals surface area contributed by atoms with Gasteiger partial charge in [-0.05, 0) is 12.1 Å². The van der Waals surface area contributed by atoms with Gasteiger partial charge in [0.2, 0.25) is 0 Å². The van der Waals surface area contributed by atoms with E-state index >= 15 is 0 Å². The molecule has 1 aromatic carbocycles. The molecular weight excluding hydrogens is 254 g/mol. The summed E-state index contributed by atoms with van der Waals surface area (Å²) < 4.78 is 4.78. The Morgan fingerprint density at radius 1 is 1.10 bits per heavy atom. The van der Waals surface area contributed by atoms with Crippen LogP contribution in [0.3, 0.4) is 0 Å². The average molecular weight is 265 g/mol. The first-order chi connectivity index (χ1) is 9.81. The van der Waals surface area contributed by atoms with Crippen LogP contribution in [0.1, 0.15) is 10.4 Å². The third-order valence-electron chi connectivity index (χ3n) is 3.01. The number of methoxy groups -OCH3 is 1. The van der Waals surface area contributed by atoms with Gasteiger partial charge in [-0.1, -0.05) is 12.1 Å². The predicted molar refractivity (Wildman–Crippen MR) is 74.1 cm³/mol. The van der Waals surface area contributed by atoms with Crippen LogP contribution in [0.4, 0.5) is 0 Å². The summed E-state index contributed by atoms with van der Waals surface area (Å²) in [6, 6.07) is 7.26. The van der Waals surface area contributed by atoms with E-state index in [-0.39, 0.29) is 0 Å². The monoisotopic (exact) mass is 265 g/mol. The van der Waals surface area contributed by atoms with E-state index in [1.54, 1.807) is 30.9 Å². The van der Waals surface area contributed by atoms with Gasteiger partial charge in [-0.2, -0.15) is 0 Å². The molecule has 0 spiro atoms. The number of rotatable bonds is 2. The third-order valence-corrected chi connectivity index (χ3v) is 3.01. The lowest BCUT2D eigenvalue weighted by Crippen LogP contribution is -2.03. The van der Waals surface area contributed by atoms with Crippen LogP contribution in [-0.2, 0) is 4.74 Å². The predicted octanol–water partition coefficient (Wildman–Crippen LogP) is 2.48. The van der Waals surface area contributed by atoms with E-state index in [9.17, 15) is 4.79 Å². The third kappa shape index (κ3) is 1.99. The first-order valence-electron chi connectivity index (χ1n) is 6.03. The van der Waals surface area contributed by atoms with E-state index in [1.165, 1.54) is 7.11 Å². The smallest absolute Gasteiger partial charge is 0.340 e. The van der Waals surface area contributed by atoms with E-state index in [0.717, 1.165) is 16.6 Å². The fourth-order valence-corrected chi connectivity index (χ4v) is 2.11. The minimum absolute atomic E-state index is 0.403. The summed E-state index contributed by atoms with van der Waals surface area (Å²) in [4.78, 5) is 24.4. The molecule has 0 aliphatic carbocycles. The van der Waals surface area contributed by atoms with Crippen molar-refractivity contribution < 1.29 is 9.53 Å². The number of nitrogens with zero attached hydrogens (tertiary/aromatic N) is 3. The highest BCUT2D eigenvalue weighted by atomic mass is 16.5. The molecule has 2 aromatic heterocycles. The summed E-state index contributed by atoms with van der Waals surface area (Å²) in [6.07, 6.45) is 6.58. The van der Waals surface area contributed by atoms with Crippen LogP contribution in [0, 0.1) is 0 Å². The van der Waals surface area contributed by atoms with Crippen LogP contribution < -0.4 is 0 Å². The molecule has 0 saturated heterocycles. The number of esters is 1. The fraction of sp³-hybridized carbons (Fsp3) is 0.0667. The Morgan fingerprint density at radius 3 is 2.75 bits per heavy atom. The summed E-state index contributed by atoms with van der Waals surface area (Å²) in [5.74, 6) is -0.403. The summed E-state index contributed by atoms with van der Waals surface area (Å²) in [5.41, 5.74) is 2.66. The molecule has 0 aliphatic heterocycles. The Labute approximate surface area is 115 Å². The molecular formula is C15H11N3O2. The highest BCUT2D eigenvalue weighted by Crippen LogP contribution is 2.28. The number of ether oxygens (including phenoxy) is 1. The highest BCUT2D eigenvalue weighted by molar-refractivity contribution is 6.06. The second-order valence-electron chi connectivity index (χ2n) is 4.14. The maximum absolute atomic E-state index is 11.8. The molecule has 20 heavy (non-hydrogen) atoms. The molecule has 5 heteroatoms. The van der Waals surface area contributed by atoms with Gasteiger partial charge in [-0.3, -0.25) is 15.0 Å². The van der Waals surface area contributed by atoms with Gasteiger partial charge >= 0.3 is 5.97 Å². The normalized spacial score (nSPS) is 10.4. The number of fused-ring (bicyclic) bond motifs is 1. The lowest BCUT2D eigenvalue weighted by atomic mass is 10.0. The van der Waals surface area contributed by atoms with Gasteiger partial charge in [0.15, 0.2) is 0 Å². The van der Waals surface area contributed by atoms with Crippen LogP contribution in [0.5, 0.6) is 0 Å². The van der Waals surface area contributed by atoms with Gasteiger partial charge in [0.25, 0.3) is 0 Å². The number of pyridine rings is 1. The standard InChI is InChI=1S/C15H11N3O2/c1-20-15(19)12-5-4-10(13-9-16-7-8-17-13)11-3-2-6-18-14(11)12/h2-9H,1H3. The molecule has 98 valence electrons. The van der Waals surface area contributed by atoms with Crippen LogP contribution in [-0.4, -0.2) is 28.0 Å². The van der Waals surface area contributed by atoms with Gasteiger partial charge < -0.3 is 4.74 Å². The molecule has 2 heterocycles. The second-order valence-corrected chi connectivity index (χ2v) is 4.14. The first kappa shape index (κ1) is 12.2. The molecule has 5 nitrogen and oxygen atoms in total. The van der Waals surface area contributed by atoms with Gasteiger partial charge in [-0.25, -0.2) is 4.79 Å². The van der Waals surface area contributed by atoms with Gasteiger partial charge in [-0.15, -0.1) is 0 Å². The topological polar surface area (TPSA) is 65.0 Å². The van der Waals surface area contributed by atoms with Crippen LogP contribution in [0.2, 0.25) is 0 Å². The number of benzene rings is 1. The largest absolute Gasteiger partial charge is 0.465 e. The zero-order valence-electron chi connectivity index (χ0n) is 10.8. The lowest BCUT2D eigenvalue weighted by Gasteiger charge is -2.08. The van der Waals surface area contributed by atoms with Crippen LogP contribution in [0.25, 0.3) is 22.2 Å². The maximum Gasteiger partial charge on any atom is 0.340 e. The minimum Gasteiger partial charge on any atom is -0.465 e. The molecule has 0 bridgehead atoms. The number of carbonyl (C=O) groups excluding carboxylic acids is 1. The molecule has 3 aromatic rings. The van der Waals surface area contributed by atoms with Gasteiger partial charge in [0, 0.05) is 29.5 Å². The summed E-state index contributed by atoms with van der Waals surface area (Å²) in [7, 11) is 1.35. The lowest BCUT2D eigenvalue weighted by molar-refractivity contribution is 0.0603. The van der Waals surface area contributed by atoms with Crippen molar-refractivity contribution in [3.63, 3.8) is 0 Å². The summed E-state index contributed by atoms with van der Waals surface area (Å²) in [5, 5.41) is 0.843. The molecule has 0 radical (unpaired) electrons. The fourth-order valence-electron chi connectivity index (χ4n) is 2.11. The summed E-state index contributed by atoms with van der Waals surface area (Å²) in [6.45, 7) is 0. The molecule has 0 unspecified atom stereocenters. The van der Waals surface area contributed by atoms with Crippen molar-refractivity contribution in [2.45, 2.75) is 0 Å². The minimum atomic E-state index is -0.403. The second kappa shape index (κ2) is 5.05. The number of carbonyl (C=O) groups is 1. The summed E-state index contributed by atoms with van der Waals surface area (Å²) >= 11 is 0. The van der Waals surface area contributed by atoms with Crippen molar-refractivity contribution in [3.05, 3.63) is 54.6 Å². The van der Waals surface area contributed by atoms with Crippen molar-refractivity contribution in [1.82, 2.24) is 15.0 Å². The quantitative estimate of drug-likeness (QED) is 0.666. The van der Waals surface area contributed by atoms with E-state index < -0.39 is 5.97 Å². The molecule has 0 atom stereocenters. The number of hydrogen-bond acceptors (Lipinski definition) is 5. The van der Waals surface area contributed by atoms with E-state index in [2.05, 4.69) is 15.0 Å². The Bertz CT molecular complexity index is 772. The Balaban J connectivity index is 2.30. The number of hydrogen-bond donors (Lipinski definition) is 0. The molecule has 0 saturated carbocycles. The van der Waals surface area contributed by atoms with E-state index in [4.69, 9.17) is 4.74 Å². The Kier molecular flexibility index (Phi) is 3.09. The van der Waals surface area contributed by atoms with Crippen molar-refractivity contribution in [1.29, 1.82) is 0 Å². The van der Waals surface area contributed by atoms with E-state index in [0.29, 0.717) is 11.1 Å². The van der Waals surface area contributed by atoms with Crippen molar-refractivity contribution >= 4 is 16.9 Å². The van der Waals surface area contributed by atoms with Crippen molar-refractivity contribution in [2.75, 3.05) is 7.11 Å². The van der Waals surface area contributed by atoms with Crippen LogP contribution in [0.15, 0.2) is 49.1 Å². The molecule has 3 rings (SSSR count). The molecule has 0 aliphatic rings. The van der Waals surface area contributed by atoms with Crippen LogP contribution >= 0.6 is 0 Å². The highest BCUT2D eigenvalue weighted by Gasteiger charge is 2.14. The van der Waals surface area contributed by atoms with Gasteiger partial charge in [0.1, 0.15) is 0 Å². The zero-order chi connectivity index (χ0) is 13.9. The first-order valence-corrected chi connectivity index (χ1v) is 6.03. The average Bonchev–Trinajstić information content (AvgIpc) is 2.54. The SMILES string of the molecule is COC(=O)c1ccc(-c2cnccn2)c2cccnc12. The molecule has 0 fully saturated rings. The number of aromatic nitrogens is 3. The molecule has 0 amide bonds.